The van der Waals surface area contributed by atoms with Crippen LogP contribution < -0.4 is 0 Å². The molecular formula is C8H4N4O3. The van der Waals surface area contributed by atoms with Gasteiger partial charge in [0.1, 0.15) is 11.2 Å². The van der Waals surface area contributed by atoms with Crippen LogP contribution in [-0.4, -0.2) is 38.8 Å². The van der Waals surface area contributed by atoms with Gasteiger partial charge in [0.05, 0.1) is 0 Å². The van der Waals surface area contributed by atoms with Crippen LogP contribution in [0.25, 0.3) is 11.2 Å². The van der Waals surface area contributed by atoms with E-state index < -0.39 is 0 Å². The van der Waals surface area contributed by atoms with Crippen molar-refractivity contribution in [3.63, 3.8) is 0 Å². The van der Waals surface area contributed by atoms with Crippen LogP contribution in [0.3, 0.4) is 0 Å². The summed E-state index contributed by atoms with van der Waals surface area (Å²) in [7, 11) is 0. The molecule has 2 heterocycles. The highest BCUT2D eigenvalue weighted by Gasteiger charge is 2.11. The highest BCUT2D eigenvalue weighted by molar-refractivity contribution is 5.93. The van der Waals surface area contributed by atoms with E-state index in [1.165, 1.54) is 0 Å². The Bertz CT molecular complexity index is 560. The fraction of sp³-hybridized carbons (Fsp3) is 0. The molecular weight excluding hydrogens is 200 g/mol. The van der Waals surface area contributed by atoms with Crippen molar-refractivity contribution in [2.24, 2.45) is 0 Å². The van der Waals surface area contributed by atoms with Crippen molar-refractivity contribution < 1.29 is 14.4 Å². The molecule has 1 N–H and O–H groups in total. The van der Waals surface area contributed by atoms with Crippen LogP contribution in [0.2, 0.25) is 0 Å². The minimum Gasteiger partial charge on any atom is -0.332 e. The van der Waals surface area contributed by atoms with E-state index in [0.29, 0.717) is 18.9 Å². The lowest BCUT2D eigenvalue weighted by molar-refractivity contribution is 0.110. The van der Waals surface area contributed by atoms with Gasteiger partial charge in [-0.15, -0.1) is 0 Å². The maximum absolute atomic E-state index is 10.6. The Morgan fingerprint density at radius 2 is 1.73 bits per heavy atom. The number of nitrogens with zero attached hydrogens (tertiary/aromatic N) is 3. The van der Waals surface area contributed by atoms with Crippen molar-refractivity contribution in [3.05, 3.63) is 17.3 Å². The van der Waals surface area contributed by atoms with Gasteiger partial charge in [-0.1, -0.05) is 0 Å². The van der Waals surface area contributed by atoms with Gasteiger partial charge in [-0.05, 0) is 0 Å². The average molecular weight is 204 g/mol. The lowest BCUT2D eigenvalue weighted by Crippen LogP contribution is -1.98. The number of hydrogen-bond donors (Lipinski definition) is 1. The second-order valence-corrected chi connectivity index (χ2v) is 2.64. The SMILES string of the molecule is O=Cc1nc(C=O)c2[nH]c(C=O)nc2n1. The third-order valence-electron chi connectivity index (χ3n) is 1.74. The largest absolute Gasteiger partial charge is 0.332 e. The monoisotopic (exact) mass is 204 g/mol. The molecule has 7 heteroatoms. The number of aromatic nitrogens is 4. The Labute approximate surface area is 82.6 Å². The van der Waals surface area contributed by atoms with Gasteiger partial charge in [-0.3, -0.25) is 14.4 Å². The van der Waals surface area contributed by atoms with E-state index in [1.807, 2.05) is 0 Å². The van der Waals surface area contributed by atoms with Crippen LogP contribution in [0.5, 0.6) is 0 Å². The summed E-state index contributed by atoms with van der Waals surface area (Å²) >= 11 is 0. The normalized spacial score (nSPS) is 10.1. The smallest absolute Gasteiger partial charge is 0.195 e. The summed E-state index contributed by atoms with van der Waals surface area (Å²) in [6.07, 6.45) is 1.35. The van der Waals surface area contributed by atoms with Gasteiger partial charge in [0.15, 0.2) is 36.2 Å². The summed E-state index contributed by atoms with van der Waals surface area (Å²) in [6.45, 7) is 0. The van der Waals surface area contributed by atoms with Crippen molar-refractivity contribution in [1.82, 2.24) is 19.9 Å². The molecule has 0 unspecified atom stereocenters. The zero-order valence-electron chi connectivity index (χ0n) is 7.30. The van der Waals surface area contributed by atoms with Crippen molar-refractivity contribution in [2.45, 2.75) is 0 Å². The molecule has 0 aliphatic carbocycles. The van der Waals surface area contributed by atoms with E-state index in [2.05, 4.69) is 19.9 Å². The first-order valence-corrected chi connectivity index (χ1v) is 3.91. The van der Waals surface area contributed by atoms with Crippen LogP contribution in [0.15, 0.2) is 0 Å². The quantitative estimate of drug-likeness (QED) is 0.693. The van der Waals surface area contributed by atoms with Crippen LogP contribution in [0.4, 0.5) is 0 Å². The molecule has 0 bridgehead atoms. The standard InChI is InChI=1S/C8H4N4O3/c13-1-4-7-8(11-5(2-14)9-4)12-6(3-15)10-7/h1-3H,(H,9,10,11,12). The predicted octanol–water partition coefficient (Wildman–Crippen LogP) is -0.210. The summed E-state index contributed by atoms with van der Waals surface area (Å²) in [5, 5.41) is 0. The van der Waals surface area contributed by atoms with Crippen LogP contribution in [0.1, 0.15) is 31.7 Å². The first-order chi connectivity index (χ1) is 7.28. The van der Waals surface area contributed by atoms with Crippen molar-refractivity contribution in [2.75, 3.05) is 0 Å². The lowest BCUT2D eigenvalue weighted by atomic mass is 10.4. The number of carbonyl (C=O) groups is 3. The number of aromatic amines is 1. The Morgan fingerprint density at radius 1 is 0.933 bits per heavy atom. The van der Waals surface area contributed by atoms with Crippen LogP contribution >= 0.6 is 0 Å². The summed E-state index contributed by atoms with van der Waals surface area (Å²) in [5.41, 5.74) is 0.372. The van der Waals surface area contributed by atoms with E-state index >= 15 is 0 Å². The molecule has 0 amide bonds. The molecule has 0 saturated carbocycles. The lowest BCUT2D eigenvalue weighted by Gasteiger charge is -1.92. The van der Waals surface area contributed by atoms with E-state index in [-0.39, 0.29) is 28.5 Å². The molecule has 0 aliphatic rings. The molecule has 7 nitrogen and oxygen atoms in total. The minimum absolute atomic E-state index is 0.00250. The van der Waals surface area contributed by atoms with Gasteiger partial charge in [-0.25, -0.2) is 15.0 Å². The highest BCUT2D eigenvalue weighted by atomic mass is 16.1. The zero-order valence-corrected chi connectivity index (χ0v) is 7.30. The third kappa shape index (κ3) is 1.39. The Morgan fingerprint density at radius 3 is 2.33 bits per heavy atom. The molecule has 74 valence electrons. The first kappa shape index (κ1) is 9.13. The van der Waals surface area contributed by atoms with Gasteiger partial charge >= 0.3 is 0 Å². The maximum Gasteiger partial charge on any atom is 0.195 e. The topological polar surface area (TPSA) is 106 Å². The second-order valence-electron chi connectivity index (χ2n) is 2.64. The first-order valence-electron chi connectivity index (χ1n) is 3.91. The Balaban J connectivity index is 2.82. The van der Waals surface area contributed by atoms with E-state index in [1.54, 1.807) is 0 Å². The maximum atomic E-state index is 10.6. The molecule has 0 atom stereocenters. The van der Waals surface area contributed by atoms with Gasteiger partial charge in [0.25, 0.3) is 0 Å². The van der Waals surface area contributed by atoms with Gasteiger partial charge in [0.2, 0.25) is 0 Å². The molecule has 2 aromatic rings. The fourth-order valence-corrected chi connectivity index (χ4v) is 1.15. The molecule has 0 fully saturated rings. The molecule has 0 aromatic carbocycles. The predicted molar refractivity (Wildman–Crippen MR) is 47.8 cm³/mol. The molecule has 0 aliphatic heterocycles. The van der Waals surface area contributed by atoms with Crippen LogP contribution in [-0.2, 0) is 0 Å². The van der Waals surface area contributed by atoms with E-state index in [0.717, 1.165) is 0 Å². The highest BCUT2D eigenvalue weighted by Crippen LogP contribution is 2.10. The molecule has 2 aromatic heterocycles. The molecule has 0 radical (unpaired) electrons. The van der Waals surface area contributed by atoms with E-state index in [9.17, 15) is 14.4 Å². The zero-order chi connectivity index (χ0) is 10.8. The van der Waals surface area contributed by atoms with Crippen molar-refractivity contribution >= 4 is 30.0 Å². The summed E-state index contributed by atoms with van der Waals surface area (Å²) in [6, 6.07) is 0. The third-order valence-corrected chi connectivity index (χ3v) is 1.74. The summed E-state index contributed by atoms with van der Waals surface area (Å²) < 4.78 is 0. The van der Waals surface area contributed by atoms with Gasteiger partial charge < -0.3 is 4.98 Å². The number of hydrogen-bond acceptors (Lipinski definition) is 6. The second kappa shape index (κ2) is 3.37. The molecule has 2 rings (SSSR count). The minimum atomic E-state index is -0.145. The van der Waals surface area contributed by atoms with Crippen molar-refractivity contribution in [3.8, 4) is 0 Å². The van der Waals surface area contributed by atoms with Gasteiger partial charge in [0, 0.05) is 0 Å². The molecule has 0 saturated heterocycles. The summed E-state index contributed by atoms with van der Waals surface area (Å²) in [4.78, 5) is 45.2. The number of imidazole rings is 1. The molecule has 0 spiro atoms. The summed E-state index contributed by atoms with van der Waals surface area (Å²) in [5.74, 6) is -0.112. The number of nitrogens with one attached hydrogen (secondary N) is 1. The number of carbonyl (C=O) groups excluding carboxylic acids is 3. The number of rotatable bonds is 3. The van der Waals surface area contributed by atoms with E-state index in [4.69, 9.17) is 0 Å². The Kier molecular flexibility index (Phi) is 2.05. The fourth-order valence-electron chi connectivity index (χ4n) is 1.15. The Hall–Kier alpha value is -2.44. The molecule has 15 heavy (non-hydrogen) atoms. The average Bonchev–Trinajstić information content (AvgIpc) is 2.70. The van der Waals surface area contributed by atoms with Gasteiger partial charge in [-0.2, -0.15) is 0 Å². The number of aldehydes is 3. The van der Waals surface area contributed by atoms with Crippen LogP contribution in [0, 0.1) is 0 Å². The number of H-pyrrole nitrogens is 1. The van der Waals surface area contributed by atoms with Crippen molar-refractivity contribution in [1.29, 1.82) is 0 Å². The number of fused-ring (bicyclic) bond motifs is 1.